The fourth-order valence-electron chi connectivity index (χ4n) is 2.58. The average Bonchev–Trinajstić information content (AvgIpc) is 2.27. The Balaban J connectivity index is 2.71. The van der Waals surface area contributed by atoms with Gasteiger partial charge in [0, 0.05) is 6.54 Å². The minimum absolute atomic E-state index is 0.387. The first-order valence-electron chi connectivity index (χ1n) is 6.86. The molecule has 0 aliphatic rings. The van der Waals surface area contributed by atoms with Crippen LogP contribution in [0.1, 0.15) is 44.7 Å². The van der Waals surface area contributed by atoms with E-state index in [1.807, 2.05) is 0 Å². The van der Waals surface area contributed by atoms with Crippen LogP contribution >= 0.6 is 0 Å². The number of hydrogen-bond donors (Lipinski definition) is 1. The zero-order valence-corrected chi connectivity index (χ0v) is 11.8. The summed E-state index contributed by atoms with van der Waals surface area (Å²) in [6.45, 7) is 11.2. The summed E-state index contributed by atoms with van der Waals surface area (Å²) in [5.41, 5.74) is 3.22. The standard InChI is InChI=1S/C16H27N/c1-5-10-16(4,13-17-6-2)12-15-9-7-8-14(3)11-15/h7-9,11,17H,5-6,10,12-13H2,1-4H3. The minimum atomic E-state index is 0.387. The summed E-state index contributed by atoms with van der Waals surface area (Å²) < 4.78 is 0. The topological polar surface area (TPSA) is 12.0 Å². The largest absolute Gasteiger partial charge is 0.316 e. The summed E-state index contributed by atoms with van der Waals surface area (Å²) in [6.07, 6.45) is 3.72. The van der Waals surface area contributed by atoms with E-state index < -0.39 is 0 Å². The quantitative estimate of drug-likeness (QED) is 0.752. The molecule has 17 heavy (non-hydrogen) atoms. The molecule has 0 aliphatic carbocycles. The second-order valence-corrected chi connectivity index (χ2v) is 5.51. The maximum Gasteiger partial charge on any atom is 0.000823 e. The molecule has 1 nitrogen and oxygen atoms in total. The van der Waals surface area contributed by atoms with E-state index in [9.17, 15) is 0 Å². The number of nitrogens with one attached hydrogen (secondary N) is 1. The molecule has 0 aliphatic heterocycles. The fourth-order valence-corrected chi connectivity index (χ4v) is 2.58. The second kappa shape index (κ2) is 6.80. The monoisotopic (exact) mass is 233 g/mol. The summed E-state index contributed by atoms with van der Waals surface area (Å²) in [5.74, 6) is 0. The van der Waals surface area contributed by atoms with Crippen molar-refractivity contribution in [1.29, 1.82) is 0 Å². The molecule has 1 unspecified atom stereocenters. The van der Waals surface area contributed by atoms with E-state index >= 15 is 0 Å². The molecule has 96 valence electrons. The van der Waals surface area contributed by atoms with Crippen LogP contribution in [0.4, 0.5) is 0 Å². The minimum Gasteiger partial charge on any atom is -0.316 e. The van der Waals surface area contributed by atoms with Crippen LogP contribution in [0, 0.1) is 12.3 Å². The Morgan fingerprint density at radius 2 is 2.00 bits per heavy atom. The number of aryl methyl sites for hydroxylation is 1. The van der Waals surface area contributed by atoms with Crippen LogP contribution < -0.4 is 5.32 Å². The summed E-state index contributed by atoms with van der Waals surface area (Å²) in [7, 11) is 0. The lowest BCUT2D eigenvalue weighted by molar-refractivity contribution is 0.277. The van der Waals surface area contributed by atoms with E-state index in [0.29, 0.717) is 5.41 Å². The van der Waals surface area contributed by atoms with Crippen LogP contribution in [0.25, 0.3) is 0 Å². The summed E-state index contributed by atoms with van der Waals surface area (Å²) in [5, 5.41) is 3.51. The SMILES string of the molecule is CCCC(C)(CNCC)Cc1cccc(C)c1. The molecule has 0 heterocycles. The highest BCUT2D eigenvalue weighted by molar-refractivity contribution is 5.23. The van der Waals surface area contributed by atoms with E-state index in [-0.39, 0.29) is 0 Å². The van der Waals surface area contributed by atoms with Gasteiger partial charge in [-0.25, -0.2) is 0 Å². The molecule has 1 rings (SSSR count). The van der Waals surface area contributed by atoms with Gasteiger partial charge in [0.2, 0.25) is 0 Å². The molecule has 1 heteroatoms. The number of rotatable bonds is 7. The van der Waals surface area contributed by atoms with Crippen molar-refractivity contribution < 1.29 is 0 Å². The molecule has 0 saturated heterocycles. The third kappa shape index (κ3) is 4.91. The Bertz CT molecular complexity index is 332. The molecule has 0 aromatic heterocycles. The molecule has 0 bridgehead atoms. The van der Waals surface area contributed by atoms with Crippen LogP contribution in [0.15, 0.2) is 24.3 Å². The summed E-state index contributed by atoms with van der Waals surface area (Å²) in [6, 6.07) is 8.92. The molecule has 1 N–H and O–H groups in total. The van der Waals surface area contributed by atoms with E-state index in [1.165, 1.54) is 30.4 Å². The Labute approximate surface area is 107 Å². The second-order valence-electron chi connectivity index (χ2n) is 5.51. The van der Waals surface area contributed by atoms with Gasteiger partial charge in [-0.05, 0) is 37.3 Å². The highest BCUT2D eigenvalue weighted by Crippen LogP contribution is 2.27. The number of hydrogen-bond acceptors (Lipinski definition) is 1. The summed E-state index contributed by atoms with van der Waals surface area (Å²) >= 11 is 0. The predicted molar refractivity (Wildman–Crippen MR) is 76.4 cm³/mol. The molecular weight excluding hydrogens is 206 g/mol. The first kappa shape index (κ1) is 14.2. The van der Waals surface area contributed by atoms with E-state index in [4.69, 9.17) is 0 Å². The zero-order chi connectivity index (χ0) is 12.7. The van der Waals surface area contributed by atoms with Crippen molar-refractivity contribution in [1.82, 2.24) is 5.32 Å². The van der Waals surface area contributed by atoms with Crippen molar-refractivity contribution >= 4 is 0 Å². The van der Waals surface area contributed by atoms with Crippen molar-refractivity contribution in [2.75, 3.05) is 13.1 Å². The normalized spacial score (nSPS) is 14.6. The van der Waals surface area contributed by atoms with Crippen LogP contribution in [0.5, 0.6) is 0 Å². The van der Waals surface area contributed by atoms with Crippen LogP contribution in [0.2, 0.25) is 0 Å². The maximum atomic E-state index is 3.51. The highest BCUT2D eigenvalue weighted by atomic mass is 14.9. The molecule has 0 radical (unpaired) electrons. The van der Waals surface area contributed by atoms with Crippen LogP contribution in [-0.4, -0.2) is 13.1 Å². The van der Waals surface area contributed by atoms with Gasteiger partial charge < -0.3 is 5.32 Å². The van der Waals surface area contributed by atoms with E-state index in [2.05, 4.69) is 57.3 Å². The predicted octanol–water partition coefficient (Wildman–Crippen LogP) is 3.95. The summed E-state index contributed by atoms with van der Waals surface area (Å²) in [4.78, 5) is 0. The van der Waals surface area contributed by atoms with Gasteiger partial charge in [0.25, 0.3) is 0 Å². The van der Waals surface area contributed by atoms with Gasteiger partial charge in [-0.3, -0.25) is 0 Å². The van der Waals surface area contributed by atoms with Crippen molar-refractivity contribution in [3.05, 3.63) is 35.4 Å². The van der Waals surface area contributed by atoms with E-state index in [0.717, 1.165) is 13.1 Å². The molecule has 1 aromatic carbocycles. The van der Waals surface area contributed by atoms with Crippen molar-refractivity contribution in [3.8, 4) is 0 Å². The van der Waals surface area contributed by atoms with Crippen molar-refractivity contribution in [3.63, 3.8) is 0 Å². The Morgan fingerprint density at radius 3 is 2.59 bits per heavy atom. The number of benzene rings is 1. The Morgan fingerprint density at radius 1 is 1.24 bits per heavy atom. The zero-order valence-electron chi connectivity index (χ0n) is 11.8. The molecule has 1 atom stereocenters. The lowest BCUT2D eigenvalue weighted by Crippen LogP contribution is -2.33. The molecule has 1 aromatic rings. The molecule has 0 spiro atoms. The van der Waals surface area contributed by atoms with Crippen molar-refractivity contribution in [2.24, 2.45) is 5.41 Å². The van der Waals surface area contributed by atoms with Gasteiger partial charge in [-0.2, -0.15) is 0 Å². The van der Waals surface area contributed by atoms with Gasteiger partial charge in [-0.1, -0.05) is 57.0 Å². The molecular formula is C16H27N. The third-order valence-corrected chi connectivity index (χ3v) is 3.37. The average molecular weight is 233 g/mol. The van der Waals surface area contributed by atoms with Gasteiger partial charge in [-0.15, -0.1) is 0 Å². The Hall–Kier alpha value is -0.820. The molecule has 0 amide bonds. The van der Waals surface area contributed by atoms with Gasteiger partial charge >= 0.3 is 0 Å². The Kier molecular flexibility index (Phi) is 5.70. The molecule has 0 saturated carbocycles. The van der Waals surface area contributed by atoms with E-state index in [1.54, 1.807) is 0 Å². The lowest BCUT2D eigenvalue weighted by Gasteiger charge is -2.30. The van der Waals surface area contributed by atoms with Crippen LogP contribution in [0.3, 0.4) is 0 Å². The van der Waals surface area contributed by atoms with Gasteiger partial charge in [0.15, 0.2) is 0 Å². The third-order valence-electron chi connectivity index (χ3n) is 3.37. The lowest BCUT2D eigenvalue weighted by atomic mass is 9.79. The first-order chi connectivity index (χ1) is 8.09. The molecule has 0 fully saturated rings. The highest BCUT2D eigenvalue weighted by Gasteiger charge is 2.23. The van der Waals surface area contributed by atoms with Gasteiger partial charge in [0.05, 0.1) is 0 Å². The maximum absolute atomic E-state index is 3.51. The smallest absolute Gasteiger partial charge is 0.000823 e. The fraction of sp³-hybridized carbons (Fsp3) is 0.625. The first-order valence-corrected chi connectivity index (χ1v) is 6.86. The van der Waals surface area contributed by atoms with Gasteiger partial charge in [0.1, 0.15) is 0 Å². The van der Waals surface area contributed by atoms with Crippen molar-refractivity contribution in [2.45, 2.75) is 47.0 Å². The van der Waals surface area contributed by atoms with Crippen LogP contribution in [-0.2, 0) is 6.42 Å².